The minimum Gasteiger partial charge on any atom is -0.354 e. The molecule has 2 aliphatic heterocycles. The van der Waals surface area contributed by atoms with E-state index in [1.165, 1.54) is 5.56 Å². The number of piperidine rings is 1. The Balaban J connectivity index is 1.50. The van der Waals surface area contributed by atoms with Gasteiger partial charge in [0.2, 0.25) is 5.91 Å². The van der Waals surface area contributed by atoms with Gasteiger partial charge < -0.3 is 16.0 Å². The largest absolute Gasteiger partial charge is 0.354 e. The van der Waals surface area contributed by atoms with Crippen LogP contribution in [-0.2, 0) is 11.3 Å². The third-order valence-corrected chi connectivity index (χ3v) is 5.29. The van der Waals surface area contributed by atoms with Crippen LogP contribution in [0.4, 0.5) is 4.79 Å². The maximum atomic E-state index is 12.3. The van der Waals surface area contributed by atoms with Crippen LogP contribution in [0.3, 0.4) is 0 Å². The van der Waals surface area contributed by atoms with Gasteiger partial charge in [0.15, 0.2) is 0 Å². The quantitative estimate of drug-likeness (QED) is 0.771. The fourth-order valence-corrected chi connectivity index (χ4v) is 3.74. The molecular weight excluding hydrogens is 316 g/mol. The standard InChI is InChI=1S/C19H28N4O2/c1-13-8-9-20-18(24)17(13)22-19(25)21-16-12-23(10-14(16)2)11-15-6-4-3-5-7-15/h3-7,13-14,16-17H,8-12H2,1-2H3,(H,20,24)(H2,21,22,25)/t13-,14-,16+,17+/m1/s1. The summed E-state index contributed by atoms with van der Waals surface area (Å²) < 4.78 is 0. The van der Waals surface area contributed by atoms with Crippen LogP contribution >= 0.6 is 0 Å². The van der Waals surface area contributed by atoms with Crippen molar-refractivity contribution < 1.29 is 9.59 Å². The van der Waals surface area contributed by atoms with Gasteiger partial charge in [0.1, 0.15) is 6.04 Å². The molecule has 0 radical (unpaired) electrons. The molecule has 0 unspecified atom stereocenters. The molecular formula is C19H28N4O2. The lowest BCUT2D eigenvalue weighted by Crippen LogP contribution is -2.57. The van der Waals surface area contributed by atoms with E-state index >= 15 is 0 Å². The Hall–Kier alpha value is -2.08. The zero-order chi connectivity index (χ0) is 17.8. The number of urea groups is 1. The first-order valence-corrected chi connectivity index (χ1v) is 9.14. The third-order valence-electron chi connectivity index (χ3n) is 5.29. The predicted octanol–water partition coefficient (Wildman–Crippen LogP) is 1.33. The fourth-order valence-electron chi connectivity index (χ4n) is 3.74. The Bertz CT molecular complexity index is 607. The van der Waals surface area contributed by atoms with E-state index in [-0.39, 0.29) is 23.9 Å². The summed E-state index contributed by atoms with van der Waals surface area (Å²) in [5.74, 6) is 0.459. The van der Waals surface area contributed by atoms with Gasteiger partial charge in [0.05, 0.1) is 0 Å². The zero-order valence-corrected chi connectivity index (χ0v) is 15.0. The average molecular weight is 344 g/mol. The minimum atomic E-state index is -0.439. The summed E-state index contributed by atoms with van der Waals surface area (Å²) in [5, 5.41) is 8.73. The first kappa shape index (κ1) is 17.7. The molecule has 0 spiro atoms. The molecule has 6 nitrogen and oxygen atoms in total. The number of rotatable bonds is 4. The molecule has 3 N–H and O–H groups in total. The first-order chi connectivity index (χ1) is 12.0. The molecule has 4 atom stereocenters. The highest BCUT2D eigenvalue weighted by Gasteiger charge is 2.33. The average Bonchev–Trinajstić information content (AvgIpc) is 2.91. The number of nitrogens with one attached hydrogen (secondary N) is 3. The van der Waals surface area contributed by atoms with Crippen molar-refractivity contribution in [2.24, 2.45) is 11.8 Å². The van der Waals surface area contributed by atoms with Gasteiger partial charge in [-0.05, 0) is 23.8 Å². The Morgan fingerprint density at radius 1 is 1.16 bits per heavy atom. The number of carbonyl (C=O) groups excluding carboxylic acids is 2. The second-order valence-corrected chi connectivity index (χ2v) is 7.42. The van der Waals surface area contributed by atoms with Gasteiger partial charge in [-0.25, -0.2) is 4.79 Å². The zero-order valence-electron chi connectivity index (χ0n) is 15.0. The molecule has 2 heterocycles. The molecule has 3 rings (SSSR count). The van der Waals surface area contributed by atoms with E-state index in [9.17, 15) is 9.59 Å². The van der Waals surface area contributed by atoms with Crippen molar-refractivity contribution >= 4 is 11.9 Å². The summed E-state index contributed by atoms with van der Waals surface area (Å²) in [6.45, 7) is 7.53. The Labute approximate surface area is 149 Å². The minimum absolute atomic E-state index is 0.0842. The van der Waals surface area contributed by atoms with Gasteiger partial charge >= 0.3 is 6.03 Å². The number of benzene rings is 1. The number of carbonyl (C=O) groups is 2. The summed E-state index contributed by atoms with van der Waals surface area (Å²) in [5.41, 5.74) is 1.28. The topological polar surface area (TPSA) is 73.5 Å². The second-order valence-electron chi connectivity index (χ2n) is 7.42. The van der Waals surface area contributed by atoms with Gasteiger partial charge in [-0.15, -0.1) is 0 Å². The summed E-state index contributed by atoms with van der Waals surface area (Å²) in [6.07, 6.45) is 0.890. The summed E-state index contributed by atoms with van der Waals surface area (Å²) in [7, 11) is 0. The molecule has 6 heteroatoms. The fraction of sp³-hybridized carbons (Fsp3) is 0.579. The molecule has 1 aromatic rings. The van der Waals surface area contributed by atoms with E-state index < -0.39 is 6.04 Å². The summed E-state index contributed by atoms with van der Waals surface area (Å²) >= 11 is 0. The van der Waals surface area contributed by atoms with E-state index in [1.54, 1.807) is 0 Å². The summed E-state index contributed by atoms with van der Waals surface area (Å²) in [6, 6.07) is 9.79. The number of likely N-dealkylation sites (tertiary alicyclic amines) is 1. The molecule has 0 aliphatic carbocycles. The number of nitrogens with zero attached hydrogens (tertiary/aromatic N) is 1. The van der Waals surface area contributed by atoms with Gasteiger partial charge in [0, 0.05) is 32.2 Å². The third kappa shape index (κ3) is 4.51. The molecule has 2 fully saturated rings. The van der Waals surface area contributed by atoms with Crippen molar-refractivity contribution in [3.63, 3.8) is 0 Å². The molecule has 2 aliphatic rings. The van der Waals surface area contributed by atoms with Gasteiger partial charge in [-0.1, -0.05) is 44.2 Å². The van der Waals surface area contributed by atoms with Crippen LogP contribution in [0, 0.1) is 11.8 Å². The number of amides is 3. The molecule has 1 aromatic carbocycles. The molecule has 0 bridgehead atoms. The van der Waals surface area contributed by atoms with Crippen molar-refractivity contribution in [3.8, 4) is 0 Å². The Kier molecular flexibility index (Phi) is 5.58. The second kappa shape index (κ2) is 7.87. The van der Waals surface area contributed by atoms with Crippen molar-refractivity contribution in [1.82, 2.24) is 20.9 Å². The van der Waals surface area contributed by atoms with Gasteiger partial charge in [-0.2, -0.15) is 0 Å². The number of hydrogen-bond donors (Lipinski definition) is 3. The van der Waals surface area contributed by atoms with E-state index in [0.717, 1.165) is 26.1 Å². The van der Waals surface area contributed by atoms with Crippen LogP contribution < -0.4 is 16.0 Å². The van der Waals surface area contributed by atoms with Crippen molar-refractivity contribution in [2.75, 3.05) is 19.6 Å². The molecule has 3 amide bonds. The summed E-state index contributed by atoms with van der Waals surface area (Å²) in [4.78, 5) is 26.6. The van der Waals surface area contributed by atoms with Crippen LogP contribution in [0.2, 0.25) is 0 Å². The van der Waals surface area contributed by atoms with E-state index in [0.29, 0.717) is 12.5 Å². The van der Waals surface area contributed by atoms with Crippen LogP contribution in [-0.4, -0.2) is 48.6 Å². The molecule has 25 heavy (non-hydrogen) atoms. The Morgan fingerprint density at radius 3 is 2.64 bits per heavy atom. The van der Waals surface area contributed by atoms with Crippen LogP contribution in [0.15, 0.2) is 30.3 Å². The monoisotopic (exact) mass is 344 g/mol. The van der Waals surface area contributed by atoms with Crippen LogP contribution in [0.1, 0.15) is 25.8 Å². The Morgan fingerprint density at radius 2 is 1.92 bits per heavy atom. The lowest BCUT2D eigenvalue weighted by atomic mass is 9.94. The van der Waals surface area contributed by atoms with E-state index in [4.69, 9.17) is 0 Å². The highest BCUT2D eigenvalue weighted by Crippen LogP contribution is 2.19. The smallest absolute Gasteiger partial charge is 0.315 e. The van der Waals surface area contributed by atoms with Crippen molar-refractivity contribution in [3.05, 3.63) is 35.9 Å². The highest BCUT2D eigenvalue weighted by atomic mass is 16.2. The first-order valence-electron chi connectivity index (χ1n) is 9.14. The molecule has 136 valence electrons. The number of hydrogen-bond acceptors (Lipinski definition) is 3. The molecule has 0 saturated carbocycles. The normalized spacial score (nSPS) is 29.9. The maximum Gasteiger partial charge on any atom is 0.315 e. The SMILES string of the molecule is C[C@@H]1CN(Cc2ccccc2)C[C@@H]1NC(=O)N[C@@H]1C(=O)NCC[C@H]1C. The highest BCUT2D eigenvalue weighted by molar-refractivity contribution is 5.87. The predicted molar refractivity (Wildman–Crippen MR) is 96.9 cm³/mol. The lowest BCUT2D eigenvalue weighted by Gasteiger charge is -2.29. The van der Waals surface area contributed by atoms with E-state index in [1.807, 2.05) is 25.1 Å². The van der Waals surface area contributed by atoms with Gasteiger partial charge in [-0.3, -0.25) is 9.69 Å². The van der Waals surface area contributed by atoms with E-state index in [2.05, 4.69) is 39.9 Å². The molecule has 2 saturated heterocycles. The van der Waals surface area contributed by atoms with Crippen LogP contribution in [0.25, 0.3) is 0 Å². The lowest BCUT2D eigenvalue weighted by molar-refractivity contribution is -0.125. The van der Waals surface area contributed by atoms with Crippen molar-refractivity contribution in [1.29, 1.82) is 0 Å². The van der Waals surface area contributed by atoms with Crippen molar-refractivity contribution in [2.45, 2.75) is 38.9 Å². The van der Waals surface area contributed by atoms with Crippen LogP contribution in [0.5, 0.6) is 0 Å². The molecule has 0 aromatic heterocycles. The van der Waals surface area contributed by atoms with Gasteiger partial charge in [0.25, 0.3) is 0 Å². The maximum absolute atomic E-state index is 12.3.